The Kier molecular flexibility index (Phi) is 4.92. The van der Waals surface area contributed by atoms with Gasteiger partial charge in [0.05, 0.1) is 6.04 Å². The lowest BCUT2D eigenvalue weighted by atomic mass is 9.94. The van der Waals surface area contributed by atoms with Gasteiger partial charge in [-0.05, 0) is 61.1 Å². The summed E-state index contributed by atoms with van der Waals surface area (Å²) >= 11 is 0. The van der Waals surface area contributed by atoms with Gasteiger partial charge in [0.2, 0.25) is 5.91 Å². The van der Waals surface area contributed by atoms with Crippen LogP contribution in [0, 0.1) is 11.7 Å². The third-order valence-electron chi connectivity index (χ3n) is 5.69. The number of rotatable bonds is 3. The topological polar surface area (TPSA) is 49.4 Å². The summed E-state index contributed by atoms with van der Waals surface area (Å²) in [6, 6.07) is 14.0. The van der Waals surface area contributed by atoms with Gasteiger partial charge in [-0.3, -0.25) is 9.59 Å². The van der Waals surface area contributed by atoms with E-state index in [0.717, 1.165) is 12.8 Å². The van der Waals surface area contributed by atoms with Crippen molar-refractivity contribution in [1.29, 1.82) is 0 Å². The lowest BCUT2D eigenvalue weighted by Crippen LogP contribution is -2.43. The summed E-state index contributed by atoms with van der Waals surface area (Å²) in [5, 5.41) is 3.20. The molecular formula is C22H23FN2O2. The Hall–Kier alpha value is -2.69. The number of nitrogens with one attached hydrogen (secondary N) is 1. The Morgan fingerprint density at radius 3 is 2.41 bits per heavy atom. The standard InChI is InChI=1S/C22H23FN2O2/c23-18-8-5-17(6-9-18)22(27)25-13-11-16(12-14-25)21(26)24-20-10-7-15-3-1-2-4-19(15)20/h1-6,8-9,16,20H,7,10-14H2,(H,24,26). The van der Waals surface area contributed by atoms with Gasteiger partial charge < -0.3 is 10.2 Å². The maximum Gasteiger partial charge on any atom is 0.253 e. The normalized spacial score (nSPS) is 19.6. The highest BCUT2D eigenvalue weighted by atomic mass is 19.1. The highest BCUT2D eigenvalue weighted by Gasteiger charge is 2.30. The van der Waals surface area contributed by atoms with E-state index in [-0.39, 0.29) is 29.6 Å². The minimum Gasteiger partial charge on any atom is -0.349 e. The molecule has 4 rings (SSSR count). The molecule has 2 aromatic carbocycles. The zero-order valence-electron chi connectivity index (χ0n) is 15.2. The van der Waals surface area contributed by atoms with Crippen LogP contribution in [-0.2, 0) is 11.2 Å². The van der Waals surface area contributed by atoms with E-state index in [0.29, 0.717) is 31.5 Å². The average molecular weight is 366 g/mol. The molecule has 2 amide bonds. The number of piperidine rings is 1. The fourth-order valence-electron chi connectivity index (χ4n) is 4.12. The fourth-order valence-corrected chi connectivity index (χ4v) is 4.12. The molecule has 5 heteroatoms. The quantitative estimate of drug-likeness (QED) is 0.904. The Labute approximate surface area is 158 Å². The fraction of sp³-hybridized carbons (Fsp3) is 0.364. The van der Waals surface area contributed by atoms with Crippen LogP contribution in [0.25, 0.3) is 0 Å². The summed E-state index contributed by atoms with van der Waals surface area (Å²) in [7, 11) is 0. The molecule has 140 valence electrons. The monoisotopic (exact) mass is 366 g/mol. The first-order valence-corrected chi connectivity index (χ1v) is 9.55. The number of nitrogens with zero attached hydrogens (tertiary/aromatic N) is 1. The predicted molar refractivity (Wildman–Crippen MR) is 101 cm³/mol. The molecule has 0 radical (unpaired) electrons. The third-order valence-corrected chi connectivity index (χ3v) is 5.69. The van der Waals surface area contributed by atoms with E-state index in [2.05, 4.69) is 17.4 Å². The van der Waals surface area contributed by atoms with Crippen molar-refractivity contribution in [3.05, 3.63) is 71.0 Å². The molecule has 1 unspecified atom stereocenters. The summed E-state index contributed by atoms with van der Waals surface area (Å²) < 4.78 is 13.0. The van der Waals surface area contributed by atoms with Crippen molar-refractivity contribution in [2.75, 3.05) is 13.1 Å². The van der Waals surface area contributed by atoms with Crippen LogP contribution in [0.4, 0.5) is 4.39 Å². The molecule has 4 nitrogen and oxygen atoms in total. The first-order chi connectivity index (χ1) is 13.1. The van der Waals surface area contributed by atoms with Crippen LogP contribution >= 0.6 is 0 Å². The molecule has 0 spiro atoms. The summed E-state index contributed by atoms with van der Waals surface area (Å²) in [6.45, 7) is 1.10. The van der Waals surface area contributed by atoms with Crippen molar-refractivity contribution in [2.24, 2.45) is 5.92 Å². The lowest BCUT2D eigenvalue weighted by Gasteiger charge is -2.32. The van der Waals surface area contributed by atoms with E-state index in [4.69, 9.17) is 0 Å². The molecule has 1 fully saturated rings. The van der Waals surface area contributed by atoms with E-state index < -0.39 is 0 Å². The van der Waals surface area contributed by atoms with Gasteiger partial charge >= 0.3 is 0 Å². The van der Waals surface area contributed by atoms with Crippen LogP contribution < -0.4 is 5.32 Å². The van der Waals surface area contributed by atoms with Crippen molar-refractivity contribution < 1.29 is 14.0 Å². The van der Waals surface area contributed by atoms with E-state index in [1.165, 1.54) is 35.4 Å². The number of hydrogen-bond donors (Lipinski definition) is 1. The molecule has 1 saturated heterocycles. The van der Waals surface area contributed by atoms with E-state index in [9.17, 15) is 14.0 Å². The van der Waals surface area contributed by atoms with Gasteiger partial charge in [-0.25, -0.2) is 4.39 Å². The Bertz CT molecular complexity index is 842. The van der Waals surface area contributed by atoms with Crippen molar-refractivity contribution in [3.8, 4) is 0 Å². The lowest BCUT2D eigenvalue weighted by molar-refractivity contribution is -0.127. The summed E-state index contributed by atoms with van der Waals surface area (Å²) in [4.78, 5) is 26.9. The SMILES string of the molecule is O=C(NC1CCc2ccccc21)C1CCN(C(=O)c2ccc(F)cc2)CC1. The second-order valence-corrected chi connectivity index (χ2v) is 7.37. The van der Waals surface area contributed by atoms with E-state index in [1.54, 1.807) is 4.90 Å². The van der Waals surface area contributed by atoms with Crippen molar-refractivity contribution in [1.82, 2.24) is 10.2 Å². The maximum atomic E-state index is 13.0. The van der Waals surface area contributed by atoms with Crippen molar-refractivity contribution in [3.63, 3.8) is 0 Å². The number of likely N-dealkylation sites (tertiary alicyclic amines) is 1. The van der Waals surface area contributed by atoms with Crippen molar-refractivity contribution in [2.45, 2.75) is 31.7 Å². The van der Waals surface area contributed by atoms with Gasteiger partial charge in [0.25, 0.3) is 5.91 Å². The number of carbonyl (C=O) groups excluding carboxylic acids is 2. The van der Waals surface area contributed by atoms with Gasteiger partial charge in [-0.2, -0.15) is 0 Å². The Balaban J connectivity index is 1.32. The maximum absolute atomic E-state index is 13.0. The van der Waals surface area contributed by atoms with Crippen molar-refractivity contribution >= 4 is 11.8 Å². The molecule has 1 aliphatic carbocycles. The first kappa shape index (κ1) is 17.7. The summed E-state index contributed by atoms with van der Waals surface area (Å²) in [6.07, 6.45) is 3.28. The zero-order valence-corrected chi connectivity index (χ0v) is 15.2. The van der Waals surface area contributed by atoms with Gasteiger partial charge in [0.15, 0.2) is 0 Å². The minimum absolute atomic E-state index is 0.0602. The van der Waals surface area contributed by atoms with Crippen LogP contribution in [-0.4, -0.2) is 29.8 Å². The van der Waals surface area contributed by atoms with Crippen LogP contribution in [0.1, 0.15) is 46.8 Å². The number of fused-ring (bicyclic) bond motifs is 1. The third kappa shape index (κ3) is 3.72. The molecule has 0 bridgehead atoms. The van der Waals surface area contributed by atoms with Crippen LogP contribution in [0.15, 0.2) is 48.5 Å². The number of aryl methyl sites for hydroxylation is 1. The molecule has 2 aliphatic rings. The number of amides is 2. The minimum atomic E-state index is -0.351. The molecule has 0 saturated carbocycles. The molecule has 27 heavy (non-hydrogen) atoms. The molecule has 1 atom stereocenters. The van der Waals surface area contributed by atoms with Crippen LogP contribution in [0.5, 0.6) is 0 Å². The molecule has 1 N–H and O–H groups in total. The van der Waals surface area contributed by atoms with Gasteiger partial charge in [0, 0.05) is 24.6 Å². The summed E-state index contributed by atoms with van der Waals surface area (Å²) in [5.41, 5.74) is 3.04. The van der Waals surface area contributed by atoms with E-state index >= 15 is 0 Å². The zero-order chi connectivity index (χ0) is 18.8. The molecule has 1 heterocycles. The van der Waals surface area contributed by atoms with Crippen LogP contribution in [0.2, 0.25) is 0 Å². The second-order valence-electron chi connectivity index (χ2n) is 7.37. The molecule has 2 aromatic rings. The number of hydrogen-bond acceptors (Lipinski definition) is 2. The highest BCUT2D eigenvalue weighted by molar-refractivity contribution is 5.94. The molecule has 0 aromatic heterocycles. The molecular weight excluding hydrogens is 343 g/mol. The Morgan fingerprint density at radius 2 is 1.67 bits per heavy atom. The predicted octanol–water partition coefficient (Wildman–Crippen LogP) is 3.48. The molecule has 1 aliphatic heterocycles. The highest BCUT2D eigenvalue weighted by Crippen LogP contribution is 2.31. The smallest absolute Gasteiger partial charge is 0.253 e. The second kappa shape index (κ2) is 7.51. The first-order valence-electron chi connectivity index (χ1n) is 9.55. The average Bonchev–Trinajstić information content (AvgIpc) is 3.11. The number of halogens is 1. The largest absolute Gasteiger partial charge is 0.349 e. The van der Waals surface area contributed by atoms with Gasteiger partial charge in [0.1, 0.15) is 5.82 Å². The Morgan fingerprint density at radius 1 is 0.963 bits per heavy atom. The van der Waals surface area contributed by atoms with Gasteiger partial charge in [-0.15, -0.1) is 0 Å². The summed E-state index contributed by atoms with van der Waals surface area (Å²) in [5.74, 6) is -0.422. The number of benzene rings is 2. The van der Waals surface area contributed by atoms with Gasteiger partial charge in [-0.1, -0.05) is 24.3 Å². The number of carbonyl (C=O) groups is 2. The van der Waals surface area contributed by atoms with Crippen LogP contribution in [0.3, 0.4) is 0 Å². The van der Waals surface area contributed by atoms with E-state index in [1.807, 2.05) is 12.1 Å².